The van der Waals surface area contributed by atoms with Crippen molar-refractivity contribution in [3.63, 3.8) is 0 Å². The highest BCUT2D eigenvalue weighted by Crippen LogP contribution is 2.33. The molecule has 0 aliphatic carbocycles. The number of benzene rings is 1. The van der Waals surface area contributed by atoms with E-state index >= 15 is 0 Å². The molecule has 5 nitrogen and oxygen atoms in total. The molecular weight excluding hydrogens is 424 g/mol. The van der Waals surface area contributed by atoms with Gasteiger partial charge in [0.2, 0.25) is 5.91 Å². The van der Waals surface area contributed by atoms with Crippen molar-refractivity contribution in [2.45, 2.75) is 25.7 Å². The number of hydrogen-bond acceptors (Lipinski definition) is 6. The summed E-state index contributed by atoms with van der Waals surface area (Å²) < 4.78 is 5.84. The zero-order valence-corrected chi connectivity index (χ0v) is 18.5. The standard InChI is InChI=1S/C21H22N2O3S3/c1-26-17-10-5-4-9-16(17)22-19(24)11-3-2-6-12-23-20(25)18(29-21(23)27)14-15-8-7-13-28-15/h4-5,7-10,13-14H,2-3,6,11-12H2,1H3,(H,22,24)/b18-14-. The topological polar surface area (TPSA) is 58.6 Å². The maximum Gasteiger partial charge on any atom is 0.266 e. The Balaban J connectivity index is 1.40. The molecule has 1 aliphatic rings. The number of nitrogens with zero attached hydrogens (tertiary/aromatic N) is 1. The minimum absolute atomic E-state index is 0.0256. The fourth-order valence-electron chi connectivity index (χ4n) is 2.89. The summed E-state index contributed by atoms with van der Waals surface area (Å²) in [5, 5.41) is 4.86. The zero-order chi connectivity index (χ0) is 20.6. The van der Waals surface area contributed by atoms with Crippen LogP contribution in [0.5, 0.6) is 5.75 Å². The molecular formula is C21H22N2O3S3. The van der Waals surface area contributed by atoms with E-state index in [1.54, 1.807) is 23.3 Å². The number of amides is 2. The van der Waals surface area contributed by atoms with Crippen molar-refractivity contribution < 1.29 is 14.3 Å². The van der Waals surface area contributed by atoms with E-state index in [0.29, 0.717) is 33.6 Å². The van der Waals surface area contributed by atoms with Crippen LogP contribution in [0.2, 0.25) is 0 Å². The lowest BCUT2D eigenvalue weighted by Gasteiger charge is -2.14. The Labute approximate surface area is 184 Å². The summed E-state index contributed by atoms with van der Waals surface area (Å²) in [4.78, 5) is 28.1. The summed E-state index contributed by atoms with van der Waals surface area (Å²) in [5.74, 6) is 0.576. The first-order valence-electron chi connectivity index (χ1n) is 9.30. The SMILES string of the molecule is COc1ccccc1NC(=O)CCCCCN1C(=O)/C(=C/c2cccs2)SC1=S. The van der Waals surface area contributed by atoms with Gasteiger partial charge in [-0.1, -0.05) is 48.6 Å². The molecule has 29 heavy (non-hydrogen) atoms. The number of anilines is 1. The van der Waals surface area contributed by atoms with E-state index in [2.05, 4.69) is 5.32 Å². The monoisotopic (exact) mass is 446 g/mol. The number of para-hydroxylation sites is 2. The van der Waals surface area contributed by atoms with E-state index < -0.39 is 0 Å². The van der Waals surface area contributed by atoms with Crippen molar-refractivity contribution in [1.29, 1.82) is 0 Å². The first-order chi connectivity index (χ1) is 14.1. The maximum atomic E-state index is 12.6. The molecule has 1 saturated heterocycles. The lowest BCUT2D eigenvalue weighted by Crippen LogP contribution is -2.29. The Hall–Kier alpha value is -2.16. The number of hydrogen-bond donors (Lipinski definition) is 1. The van der Waals surface area contributed by atoms with Gasteiger partial charge in [-0.2, -0.15) is 0 Å². The molecule has 1 N–H and O–H groups in total. The molecule has 152 valence electrons. The van der Waals surface area contributed by atoms with Crippen LogP contribution in [-0.2, 0) is 9.59 Å². The van der Waals surface area contributed by atoms with Crippen molar-refractivity contribution in [2.75, 3.05) is 19.0 Å². The summed E-state index contributed by atoms with van der Waals surface area (Å²) in [5.41, 5.74) is 0.676. The molecule has 1 aromatic carbocycles. The van der Waals surface area contributed by atoms with Gasteiger partial charge < -0.3 is 10.1 Å². The molecule has 0 atom stereocenters. The van der Waals surface area contributed by atoms with Crippen LogP contribution >= 0.6 is 35.3 Å². The van der Waals surface area contributed by atoms with Crippen molar-refractivity contribution in [2.24, 2.45) is 0 Å². The molecule has 2 amide bonds. The number of thiophene rings is 1. The average Bonchev–Trinajstić information content (AvgIpc) is 3.31. The predicted octanol–water partition coefficient (Wildman–Crippen LogP) is 5.16. The number of carbonyl (C=O) groups excluding carboxylic acids is 2. The molecule has 0 saturated carbocycles. The molecule has 8 heteroatoms. The number of nitrogens with one attached hydrogen (secondary N) is 1. The third kappa shape index (κ3) is 5.91. The second kappa shape index (κ2) is 10.6. The first-order valence-corrected chi connectivity index (χ1v) is 11.4. The Morgan fingerprint density at radius 3 is 2.79 bits per heavy atom. The van der Waals surface area contributed by atoms with Crippen LogP contribution < -0.4 is 10.1 Å². The molecule has 2 heterocycles. The van der Waals surface area contributed by atoms with Gasteiger partial charge in [-0.3, -0.25) is 14.5 Å². The van der Waals surface area contributed by atoms with Gasteiger partial charge in [0.05, 0.1) is 17.7 Å². The van der Waals surface area contributed by atoms with Crippen molar-refractivity contribution in [3.05, 3.63) is 51.6 Å². The Morgan fingerprint density at radius 2 is 2.03 bits per heavy atom. The third-order valence-corrected chi connectivity index (χ3v) is 6.55. The van der Waals surface area contributed by atoms with Crippen molar-refractivity contribution >= 4 is 63.2 Å². The second-order valence-corrected chi connectivity index (χ2v) is 9.06. The quantitative estimate of drug-likeness (QED) is 0.328. The van der Waals surface area contributed by atoms with Gasteiger partial charge in [0, 0.05) is 17.8 Å². The molecule has 0 bridgehead atoms. The molecule has 1 aromatic heterocycles. The molecule has 1 fully saturated rings. The predicted molar refractivity (Wildman–Crippen MR) is 124 cm³/mol. The number of carbonyl (C=O) groups is 2. The fraction of sp³-hybridized carbons (Fsp3) is 0.286. The highest BCUT2D eigenvalue weighted by atomic mass is 32.2. The maximum absolute atomic E-state index is 12.6. The Morgan fingerprint density at radius 1 is 1.21 bits per heavy atom. The summed E-state index contributed by atoms with van der Waals surface area (Å²) in [6.45, 7) is 0.584. The number of rotatable bonds is 9. The van der Waals surface area contributed by atoms with Gasteiger partial charge in [-0.05, 0) is 42.5 Å². The van der Waals surface area contributed by atoms with E-state index in [1.165, 1.54) is 11.8 Å². The van der Waals surface area contributed by atoms with Crippen LogP contribution in [0.3, 0.4) is 0 Å². The summed E-state index contributed by atoms with van der Waals surface area (Å²) in [7, 11) is 1.58. The lowest BCUT2D eigenvalue weighted by molar-refractivity contribution is -0.122. The van der Waals surface area contributed by atoms with Crippen LogP contribution in [0.15, 0.2) is 46.7 Å². The van der Waals surface area contributed by atoms with E-state index in [-0.39, 0.29) is 11.8 Å². The van der Waals surface area contributed by atoms with E-state index in [0.717, 1.165) is 24.1 Å². The fourth-order valence-corrected chi connectivity index (χ4v) is 4.92. The Bertz CT molecular complexity index is 910. The molecule has 3 rings (SSSR count). The largest absolute Gasteiger partial charge is 0.495 e. The van der Waals surface area contributed by atoms with E-state index in [9.17, 15) is 9.59 Å². The van der Waals surface area contributed by atoms with Gasteiger partial charge >= 0.3 is 0 Å². The number of thiocarbonyl (C=S) groups is 1. The zero-order valence-electron chi connectivity index (χ0n) is 16.1. The van der Waals surface area contributed by atoms with E-state index in [4.69, 9.17) is 17.0 Å². The minimum Gasteiger partial charge on any atom is -0.495 e. The van der Waals surface area contributed by atoms with Crippen molar-refractivity contribution in [1.82, 2.24) is 4.90 Å². The summed E-state index contributed by atoms with van der Waals surface area (Å²) >= 11 is 8.31. The molecule has 0 unspecified atom stereocenters. The van der Waals surface area contributed by atoms with E-state index in [1.807, 2.05) is 47.9 Å². The van der Waals surface area contributed by atoms with Gasteiger partial charge in [0.1, 0.15) is 10.1 Å². The number of methoxy groups -OCH3 is 1. The third-order valence-electron chi connectivity index (χ3n) is 4.36. The highest BCUT2D eigenvalue weighted by molar-refractivity contribution is 8.26. The van der Waals surface area contributed by atoms with Gasteiger partial charge in [0.25, 0.3) is 5.91 Å². The number of unbranched alkanes of at least 4 members (excludes halogenated alkanes) is 2. The molecule has 0 spiro atoms. The smallest absolute Gasteiger partial charge is 0.266 e. The number of thioether (sulfide) groups is 1. The normalized spacial score (nSPS) is 15.2. The van der Waals surface area contributed by atoms with Crippen LogP contribution in [0.4, 0.5) is 5.69 Å². The second-order valence-electron chi connectivity index (χ2n) is 6.41. The summed E-state index contributed by atoms with van der Waals surface area (Å²) in [6.07, 6.45) is 4.72. The van der Waals surface area contributed by atoms with Crippen LogP contribution in [-0.4, -0.2) is 34.7 Å². The van der Waals surface area contributed by atoms with Crippen LogP contribution in [0.25, 0.3) is 6.08 Å². The first kappa shape index (κ1) is 21.5. The van der Waals surface area contributed by atoms with Gasteiger partial charge in [-0.15, -0.1) is 11.3 Å². The lowest BCUT2D eigenvalue weighted by atomic mass is 10.1. The molecule has 0 radical (unpaired) electrons. The van der Waals surface area contributed by atoms with Gasteiger partial charge in [-0.25, -0.2) is 0 Å². The molecule has 1 aliphatic heterocycles. The van der Waals surface area contributed by atoms with Crippen LogP contribution in [0, 0.1) is 0 Å². The average molecular weight is 447 g/mol. The Kier molecular flexibility index (Phi) is 7.85. The van der Waals surface area contributed by atoms with Crippen molar-refractivity contribution in [3.8, 4) is 5.75 Å². The highest BCUT2D eigenvalue weighted by Gasteiger charge is 2.31. The number of ether oxygens (including phenoxy) is 1. The minimum atomic E-state index is -0.0426. The molecule has 2 aromatic rings. The van der Waals surface area contributed by atoms with Gasteiger partial charge in [0.15, 0.2) is 0 Å². The van der Waals surface area contributed by atoms with Crippen LogP contribution in [0.1, 0.15) is 30.6 Å². The summed E-state index contributed by atoms with van der Waals surface area (Å²) in [6, 6.07) is 11.3.